The minimum Gasteiger partial charge on any atom is -0.494 e. The van der Waals surface area contributed by atoms with Gasteiger partial charge in [0, 0.05) is 34.2 Å². The smallest absolute Gasteiger partial charge is 0.173 e. The Labute approximate surface area is 189 Å². The monoisotopic (exact) mass is 444 g/mol. The summed E-state index contributed by atoms with van der Waals surface area (Å²) in [7, 11) is 2.88. The van der Waals surface area contributed by atoms with Gasteiger partial charge >= 0.3 is 0 Å². The van der Waals surface area contributed by atoms with Gasteiger partial charge in [0.15, 0.2) is 17.9 Å². The molecule has 3 aromatic carbocycles. The van der Waals surface area contributed by atoms with Crippen LogP contribution in [0.15, 0.2) is 60.7 Å². The number of aldehydes is 1. The summed E-state index contributed by atoms with van der Waals surface area (Å²) in [4.78, 5) is 11.5. The topological polar surface area (TPSA) is 78.3 Å². The van der Waals surface area contributed by atoms with Crippen LogP contribution in [0.5, 0.6) is 5.75 Å². The van der Waals surface area contributed by atoms with E-state index in [4.69, 9.17) is 22.1 Å². The lowest BCUT2D eigenvalue weighted by Gasteiger charge is -2.19. The lowest BCUT2D eigenvalue weighted by atomic mass is 9.88. The van der Waals surface area contributed by atoms with Crippen molar-refractivity contribution in [1.29, 1.82) is 0 Å². The van der Waals surface area contributed by atoms with Crippen molar-refractivity contribution in [3.63, 3.8) is 0 Å². The molecule has 4 N–H and O–H groups in total. The van der Waals surface area contributed by atoms with Gasteiger partial charge in [-0.1, -0.05) is 61.8 Å². The molecule has 0 aliphatic carbocycles. The van der Waals surface area contributed by atoms with Gasteiger partial charge in [0.05, 0.1) is 7.11 Å². The summed E-state index contributed by atoms with van der Waals surface area (Å²) in [6.45, 7) is 4.38. The number of methoxy groups -OCH3 is 1. The average molecular weight is 445 g/mol. The first-order chi connectivity index (χ1) is 15.1. The third-order valence-electron chi connectivity index (χ3n) is 4.59. The van der Waals surface area contributed by atoms with Gasteiger partial charge in [-0.2, -0.15) is 0 Å². The van der Waals surface area contributed by atoms with Crippen LogP contribution in [-0.4, -0.2) is 27.0 Å². The van der Waals surface area contributed by atoms with Crippen molar-refractivity contribution in [1.82, 2.24) is 0 Å². The number of halogens is 2. The Bertz CT molecular complexity index is 965. The van der Waals surface area contributed by atoms with Crippen LogP contribution in [0, 0.1) is 5.82 Å². The van der Waals surface area contributed by atoms with Crippen LogP contribution < -0.4 is 16.2 Å². The van der Waals surface area contributed by atoms with E-state index in [0.29, 0.717) is 23.4 Å². The standard InChI is InChI=1S/C22H19ClFNO2.C2H6.CH5N/c1-27-20-10-8-16(13-26)21(22(20)24)17-11-15(7-9-19(17)23)18(12-25)14-5-3-2-4-6-14;2*1-2/h2-11,13,18H,12,25H2,1H3;1-2H3;2H2,1H3. The van der Waals surface area contributed by atoms with Crippen LogP contribution >= 0.6 is 11.6 Å². The third kappa shape index (κ3) is 6.14. The van der Waals surface area contributed by atoms with Crippen molar-refractivity contribution in [3.05, 3.63) is 88.2 Å². The Morgan fingerprint density at radius 3 is 2.23 bits per heavy atom. The molecule has 1 atom stereocenters. The average Bonchev–Trinajstić information content (AvgIpc) is 2.84. The SMILES string of the molecule is CC.CN.COc1ccc(C=O)c(-c2cc(C(CN)c3ccccc3)ccc2Cl)c1F. The Morgan fingerprint density at radius 2 is 1.68 bits per heavy atom. The molecule has 0 spiro atoms. The van der Waals surface area contributed by atoms with Gasteiger partial charge in [0.25, 0.3) is 0 Å². The molecule has 3 rings (SSSR count). The molecule has 0 heterocycles. The van der Waals surface area contributed by atoms with Crippen molar-refractivity contribution in [3.8, 4) is 16.9 Å². The van der Waals surface area contributed by atoms with Gasteiger partial charge in [0.1, 0.15) is 0 Å². The summed E-state index contributed by atoms with van der Waals surface area (Å²) in [6, 6.07) is 18.1. The van der Waals surface area contributed by atoms with E-state index >= 15 is 0 Å². The second kappa shape index (κ2) is 13.5. The number of hydrogen-bond acceptors (Lipinski definition) is 4. The maximum atomic E-state index is 15.0. The number of carbonyl (C=O) groups excluding carboxylic acids is 1. The fourth-order valence-electron chi connectivity index (χ4n) is 3.20. The molecule has 31 heavy (non-hydrogen) atoms. The van der Waals surface area contributed by atoms with Crippen molar-refractivity contribution in [2.24, 2.45) is 11.5 Å². The molecule has 1 unspecified atom stereocenters. The summed E-state index contributed by atoms with van der Waals surface area (Å²) < 4.78 is 20.0. The molecule has 3 aromatic rings. The van der Waals surface area contributed by atoms with E-state index in [1.807, 2.05) is 50.2 Å². The minimum absolute atomic E-state index is 0.0514. The van der Waals surface area contributed by atoms with Crippen LogP contribution in [0.3, 0.4) is 0 Å². The van der Waals surface area contributed by atoms with Crippen LogP contribution in [0.1, 0.15) is 41.3 Å². The zero-order chi connectivity index (χ0) is 23.4. The molecule has 6 heteroatoms. The molecule has 0 radical (unpaired) electrons. The highest BCUT2D eigenvalue weighted by molar-refractivity contribution is 6.33. The zero-order valence-electron chi connectivity index (χ0n) is 18.4. The Kier molecular flexibility index (Phi) is 11.5. The predicted molar refractivity (Wildman–Crippen MR) is 128 cm³/mol. The molecule has 0 aromatic heterocycles. The first kappa shape index (κ1) is 26.3. The fraction of sp³-hybridized carbons (Fsp3) is 0.240. The molecule has 0 aliphatic rings. The van der Waals surface area contributed by atoms with Crippen LogP contribution in [0.2, 0.25) is 5.02 Å². The van der Waals surface area contributed by atoms with Crippen molar-refractivity contribution < 1.29 is 13.9 Å². The number of rotatable bonds is 6. The number of hydrogen-bond donors (Lipinski definition) is 2. The van der Waals surface area contributed by atoms with Crippen LogP contribution in [0.25, 0.3) is 11.1 Å². The highest BCUT2D eigenvalue weighted by Gasteiger charge is 2.20. The van der Waals surface area contributed by atoms with Crippen molar-refractivity contribution >= 4 is 17.9 Å². The summed E-state index contributed by atoms with van der Waals surface area (Å²) in [6.07, 6.45) is 0.610. The summed E-state index contributed by atoms with van der Waals surface area (Å²) in [5.74, 6) is -0.642. The Balaban J connectivity index is 0.00000113. The highest BCUT2D eigenvalue weighted by atomic mass is 35.5. The molecule has 0 saturated heterocycles. The molecular weight excluding hydrogens is 415 g/mol. The fourth-order valence-corrected chi connectivity index (χ4v) is 3.41. The quantitative estimate of drug-likeness (QED) is 0.481. The van der Waals surface area contributed by atoms with Crippen LogP contribution in [0.4, 0.5) is 4.39 Å². The molecule has 4 nitrogen and oxygen atoms in total. The van der Waals surface area contributed by atoms with Gasteiger partial charge in [0.2, 0.25) is 0 Å². The van der Waals surface area contributed by atoms with E-state index in [0.717, 1.165) is 11.1 Å². The first-order valence-corrected chi connectivity index (χ1v) is 10.4. The van der Waals surface area contributed by atoms with Crippen molar-refractivity contribution in [2.45, 2.75) is 19.8 Å². The highest BCUT2D eigenvalue weighted by Crippen LogP contribution is 2.38. The maximum absolute atomic E-state index is 15.0. The number of ether oxygens (including phenoxy) is 1. The van der Waals surface area contributed by atoms with Gasteiger partial charge in [-0.05, 0) is 42.4 Å². The number of benzene rings is 3. The lowest BCUT2D eigenvalue weighted by molar-refractivity contribution is 0.112. The molecule has 0 fully saturated rings. The maximum Gasteiger partial charge on any atom is 0.173 e. The van der Waals surface area contributed by atoms with E-state index in [1.165, 1.54) is 26.3 Å². The molecule has 166 valence electrons. The molecule has 0 bridgehead atoms. The van der Waals surface area contributed by atoms with Gasteiger partial charge in [-0.3, -0.25) is 4.79 Å². The molecule has 0 amide bonds. The Morgan fingerprint density at radius 1 is 1.03 bits per heavy atom. The predicted octanol–water partition coefficient (Wildman–Crippen LogP) is 5.66. The molecule has 0 aliphatic heterocycles. The number of nitrogens with two attached hydrogens (primary N) is 2. The van der Waals surface area contributed by atoms with Crippen molar-refractivity contribution in [2.75, 3.05) is 20.7 Å². The zero-order valence-corrected chi connectivity index (χ0v) is 19.1. The van der Waals surface area contributed by atoms with E-state index < -0.39 is 5.82 Å². The third-order valence-corrected chi connectivity index (χ3v) is 4.91. The van der Waals surface area contributed by atoms with Gasteiger partial charge in [-0.15, -0.1) is 0 Å². The van der Waals surface area contributed by atoms with E-state index in [2.05, 4.69) is 5.73 Å². The minimum atomic E-state index is -0.620. The first-order valence-electron chi connectivity index (χ1n) is 10.0. The van der Waals surface area contributed by atoms with E-state index in [9.17, 15) is 9.18 Å². The Hall–Kier alpha value is -2.73. The van der Waals surface area contributed by atoms with Gasteiger partial charge in [-0.25, -0.2) is 4.39 Å². The summed E-state index contributed by atoms with van der Waals surface area (Å²) in [5.41, 5.74) is 13.2. The summed E-state index contributed by atoms with van der Waals surface area (Å²) >= 11 is 6.37. The van der Waals surface area contributed by atoms with E-state index in [1.54, 1.807) is 12.1 Å². The second-order valence-electron chi connectivity index (χ2n) is 6.10. The normalized spacial score (nSPS) is 10.7. The second-order valence-corrected chi connectivity index (χ2v) is 6.51. The summed E-state index contributed by atoms with van der Waals surface area (Å²) in [5, 5.41) is 0.345. The largest absolute Gasteiger partial charge is 0.494 e. The van der Waals surface area contributed by atoms with Gasteiger partial charge < -0.3 is 16.2 Å². The van der Waals surface area contributed by atoms with Crippen LogP contribution in [-0.2, 0) is 0 Å². The lowest BCUT2D eigenvalue weighted by Crippen LogP contribution is -2.14. The number of carbonyl (C=O) groups is 1. The van der Waals surface area contributed by atoms with E-state index in [-0.39, 0.29) is 22.8 Å². The molecule has 0 saturated carbocycles. The molecular formula is C25H30ClFN2O2.